The minimum absolute atomic E-state index is 0.0392. The second-order valence-corrected chi connectivity index (χ2v) is 9.43. The molecule has 0 saturated heterocycles. The summed E-state index contributed by atoms with van der Waals surface area (Å²) in [5, 5.41) is 4.38. The van der Waals surface area contributed by atoms with E-state index in [1.165, 1.54) is 11.8 Å². The van der Waals surface area contributed by atoms with Gasteiger partial charge in [0.1, 0.15) is 0 Å². The first-order chi connectivity index (χ1) is 15.9. The zero-order valence-electron chi connectivity index (χ0n) is 18.0. The van der Waals surface area contributed by atoms with Crippen molar-refractivity contribution in [2.75, 3.05) is 11.1 Å². The molecule has 0 spiro atoms. The van der Waals surface area contributed by atoms with Crippen LogP contribution in [0, 0.1) is 0 Å². The Bertz CT molecular complexity index is 1400. The Morgan fingerprint density at radius 2 is 1.76 bits per heavy atom. The summed E-state index contributed by atoms with van der Waals surface area (Å²) in [6, 6.07) is 20.0. The van der Waals surface area contributed by atoms with Crippen molar-refractivity contribution in [2.45, 2.75) is 24.9 Å². The quantitative estimate of drug-likeness (QED) is 0.242. The number of carbonyl (C=O) groups is 1. The van der Waals surface area contributed by atoms with Crippen LogP contribution in [0.2, 0.25) is 10.0 Å². The molecule has 1 amide bonds. The zero-order chi connectivity index (χ0) is 23.5. The van der Waals surface area contributed by atoms with Gasteiger partial charge in [-0.05, 0) is 41.8 Å². The molecule has 33 heavy (non-hydrogen) atoms. The second-order valence-electron chi connectivity index (χ2n) is 7.70. The molecule has 3 aromatic carbocycles. The number of anilines is 1. The van der Waals surface area contributed by atoms with Gasteiger partial charge in [-0.2, -0.15) is 0 Å². The summed E-state index contributed by atoms with van der Waals surface area (Å²) in [6.07, 6.45) is 0. The molecular formula is C25H21Cl2N3O2S. The molecule has 1 aromatic heterocycles. The van der Waals surface area contributed by atoms with Gasteiger partial charge in [0.15, 0.2) is 5.16 Å². The van der Waals surface area contributed by atoms with Crippen molar-refractivity contribution in [3.05, 3.63) is 92.7 Å². The van der Waals surface area contributed by atoms with E-state index in [0.29, 0.717) is 26.8 Å². The van der Waals surface area contributed by atoms with E-state index in [4.69, 9.17) is 28.2 Å². The fourth-order valence-electron chi connectivity index (χ4n) is 3.52. The predicted octanol–water partition coefficient (Wildman–Crippen LogP) is 6.55. The van der Waals surface area contributed by atoms with Crippen LogP contribution < -0.4 is 10.9 Å². The smallest absolute Gasteiger partial charge is 0.266 e. The zero-order valence-corrected chi connectivity index (χ0v) is 20.3. The molecule has 1 heterocycles. The van der Waals surface area contributed by atoms with Crippen molar-refractivity contribution in [1.29, 1.82) is 0 Å². The third-order valence-corrected chi connectivity index (χ3v) is 6.86. The predicted molar refractivity (Wildman–Crippen MR) is 137 cm³/mol. The summed E-state index contributed by atoms with van der Waals surface area (Å²) in [5.41, 5.74) is 2.63. The third-order valence-electron chi connectivity index (χ3n) is 5.10. The number of thioether (sulfide) groups is 1. The highest BCUT2D eigenvalue weighted by Crippen LogP contribution is 2.30. The molecule has 0 fully saturated rings. The van der Waals surface area contributed by atoms with E-state index in [-0.39, 0.29) is 28.2 Å². The molecule has 1 N–H and O–H groups in total. The largest absolute Gasteiger partial charge is 0.324 e. The van der Waals surface area contributed by atoms with Crippen molar-refractivity contribution >= 4 is 57.5 Å². The highest BCUT2D eigenvalue weighted by Gasteiger charge is 2.18. The van der Waals surface area contributed by atoms with Crippen LogP contribution in [0.4, 0.5) is 5.69 Å². The molecule has 0 bridgehead atoms. The lowest BCUT2D eigenvalue weighted by atomic mass is 10.0. The Morgan fingerprint density at radius 3 is 2.55 bits per heavy atom. The maximum Gasteiger partial charge on any atom is 0.266 e. The van der Waals surface area contributed by atoms with Gasteiger partial charge < -0.3 is 5.32 Å². The van der Waals surface area contributed by atoms with E-state index < -0.39 is 0 Å². The lowest BCUT2D eigenvalue weighted by Crippen LogP contribution is -2.24. The first-order valence-corrected chi connectivity index (χ1v) is 12.1. The van der Waals surface area contributed by atoms with Crippen LogP contribution >= 0.6 is 35.0 Å². The molecule has 168 valence electrons. The van der Waals surface area contributed by atoms with Gasteiger partial charge in [0.05, 0.1) is 38.1 Å². The van der Waals surface area contributed by atoms with E-state index in [9.17, 15) is 9.59 Å². The van der Waals surface area contributed by atoms with Gasteiger partial charge in [-0.3, -0.25) is 14.2 Å². The van der Waals surface area contributed by atoms with Gasteiger partial charge in [-0.1, -0.05) is 85.2 Å². The summed E-state index contributed by atoms with van der Waals surface area (Å²) >= 11 is 13.4. The number of aromatic nitrogens is 2. The van der Waals surface area contributed by atoms with Crippen molar-refractivity contribution < 1.29 is 4.79 Å². The molecule has 0 radical (unpaired) electrons. The van der Waals surface area contributed by atoms with Gasteiger partial charge in [-0.15, -0.1) is 0 Å². The van der Waals surface area contributed by atoms with E-state index in [1.54, 1.807) is 34.9 Å². The lowest BCUT2D eigenvalue weighted by Gasteiger charge is -2.18. The number of benzene rings is 3. The van der Waals surface area contributed by atoms with Crippen LogP contribution in [-0.4, -0.2) is 21.2 Å². The summed E-state index contributed by atoms with van der Waals surface area (Å²) < 4.78 is 1.60. The fourth-order valence-corrected chi connectivity index (χ4v) is 4.67. The number of halogens is 2. The highest BCUT2D eigenvalue weighted by atomic mass is 35.5. The van der Waals surface area contributed by atoms with E-state index in [0.717, 1.165) is 11.3 Å². The summed E-state index contributed by atoms with van der Waals surface area (Å²) in [4.78, 5) is 30.9. The molecule has 0 aliphatic carbocycles. The van der Waals surface area contributed by atoms with E-state index in [1.807, 2.05) is 36.4 Å². The molecule has 5 nitrogen and oxygen atoms in total. The molecule has 0 aliphatic rings. The third kappa shape index (κ3) is 4.93. The van der Waals surface area contributed by atoms with Crippen molar-refractivity contribution in [1.82, 2.24) is 9.55 Å². The second kappa shape index (κ2) is 10.00. The first kappa shape index (κ1) is 23.4. The SMILES string of the molecule is CC(C)c1ccccc1-n1c(SCC(=O)Nc2cccc(Cl)c2Cl)nc2ccccc2c1=O. The molecule has 4 rings (SSSR count). The minimum atomic E-state index is -0.282. The Morgan fingerprint density at radius 1 is 1.03 bits per heavy atom. The number of fused-ring (bicyclic) bond motifs is 1. The van der Waals surface area contributed by atoms with Crippen LogP contribution in [0.15, 0.2) is 76.7 Å². The molecule has 4 aromatic rings. The molecule has 0 saturated carbocycles. The molecule has 0 unspecified atom stereocenters. The Balaban J connectivity index is 1.73. The lowest BCUT2D eigenvalue weighted by molar-refractivity contribution is -0.113. The summed E-state index contributed by atoms with van der Waals surface area (Å²) in [5.74, 6) is -0.0433. The number of hydrogen-bond donors (Lipinski definition) is 1. The number of nitrogens with one attached hydrogen (secondary N) is 1. The summed E-state index contributed by atoms with van der Waals surface area (Å²) in [6.45, 7) is 4.15. The van der Waals surface area contributed by atoms with Gasteiger partial charge >= 0.3 is 0 Å². The standard InChI is InChI=1S/C25H21Cl2N3O2S/c1-15(2)16-8-4-6-13-21(16)30-24(32)17-9-3-5-11-19(17)29-25(30)33-14-22(31)28-20-12-7-10-18(26)23(20)27/h3-13,15H,14H2,1-2H3,(H,28,31). The van der Waals surface area contributed by atoms with Gasteiger partial charge in [0.2, 0.25) is 5.91 Å². The van der Waals surface area contributed by atoms with E-state index >= 15 is 0 Å². The Labute approximate surface area is 205 Å². The number of rotatable bonds is 6. The number of hydrogen-bond acceptors (Lipinski definition) is 4. The average Bonchev–Trinajstić information content (AvgIpc) is 2.81. The van der Waals surface area contributed by atoms with Crippen LogP contribution in [0.1, 0.15) is 25.3 Å². The average molecular weight is 498 g/mol. The first-order valence-electron chi connectivity index (χ1n) is 10.3. The normalized spacial score (nSPS) is 11.2. The number of para-hydroxylation sites is 2. The van der Waals surface area contributed by atoms with Gasteiger partial charge in [0.25, 0.3) is 5.56 Å². The Hall–Kier alpha value is -2.80. The molecule has 0 aliphatic heterocycles. The number of carbonyl (C=O) groups excluding carboxylic acids is 1. The highest BCUT2D eigenvalue weighted by molar-refractivity contribution is 7.99. The van der Waals surface area contributed by atoms with Gasteiger partial charge in [-0.25, -0.2) is 4.98 Å². The van der Waals surface area contributed by atoms with Crippen LogP contribution in [-0.2, 0) is 4.79 Å². The van der Waals surface area contributed by atoms with Crippen molar-refractivity contribution in [3.8, 4) is 5.69 Å². The molecular weight excluding hydrogens is 477 g/mol. The number of amides is 1. The monoisotopic (exact) mass is 497 g/mol. The van der Waals surface area contributed by atoms with Crippen LogP contribution in [0.3, 0.4) is 0 Å². The van der Waals surface area contributed by atoms with Crippen LogP contribution in [0.5, 0.6) is 0 Å². The maximum atomic E-state index is 13.5. The minimum Gasteiger partial charge on any atom is -0.324 e. The number of nitrogens with zero attached hydrogens (tertiary/aromatic N) is 2. The maximum absolute atomic E-state index is 13.5. The van der Waals surface area contributed by atoms with Crippen molar-refractivity contribution in [3.63, 3.8) is 0 Å². The topological polar surface area (TPSA) is 64.0 Å². The Kier molecular flexibility index (Phi) is 7.08. The molecule has 0 atom stereocenters. The van der Waals surface area contributed by atoms with E-state index in [2.05, 4.69) is 19.2 Å². The summed E-state index contributed by atoms with van der Waals surface area (Å²) in [7, 11) is 0. The fraction of sp³-hybridized carbons (Fsp3) is 0.160. The van der Waals surface area contributed by atoms with Crippen molar-refractivity contribution in [2.24, 2.45) is 0 Å². The van der Waals surface area contributed by atoms with Gasteiger partial charge in [0, 0.05) is 0 Å². The van der Waals surface area contributed by atoms with Crippen LogP contribution in [0.25, 0.3) is 16.6 Å². The molecule has 8 heteroatoms.